The maximum absolute atomic E-state index is 12.0. The fourth-order valence-electron chi connectivity index (χ4n) is 1.87. The van der Waals surface area contributed by atoms with Gasteiger partial charge < -0.3 is 10.1 Å². The number of sulfonamides is 1. The summed E-state index contributed by atoms with van der Waals surface area (Å²) in [5, 5.41) is 3.35. The summed E-state index contributed by atoms with van der Waals surface area (Å²) in [6, 6.07) is 13.1. The second-order valence-corrected chi connectivity index (χ2v) is 7.19. The molecular weight excluding hydrogens is 352 g/mol. The zero-order valence-corrected chi connectivity index (χ0v) is 14.5. The molecule has 0 unspecified atom stereocenters. The molecule has 8 heteroatoms. The van der Waals surface area contributed by atoms with Gasteiger partial charge >= 0.3 is 0 Å². The number of rotatable bonds is 7. The summed E-state index contributed by atoms with van der Waals surface area (Å²) in [6.45, 7) is 0.659. The lowest BCUT2D eigenvalue weighted by Gasteiger charge is -2.08. The predicted octanol–water partition coefficient (Wildman–Crippen LogP) is 2.52. The van der Waals surface area contributed by atoms with Gasteiger partial charge in [0.2, 0.25) is 10.0 Å². The molecule has 0 bridgehead atoms. The molecule has 0 atom stereocenters. The summed E-state index contributed by atoms with van der Waals surface area (Å²) in [7, 11) is -3.33. The normalized spacial score (nSPS) is 10.9. The minimum atomic E-state index is -3.33. The summed E-state index contributed by atoms with van der Waals surface area (Å²) in [5.41, 5.74) is 0.834. The molecule has 0 fully saturated rings. The van der Waals surface area contributed by atoms with Crippen molar-refractivity contribution in [3.8, 4) is 5.75 Å². The van der Waals surface area contributed by atoms with Gasteiger partial charge in [-0.05, 0) is 48.5 Å². The summed E-state index contributed by atoms with van der Waals surface area (Å²) < 4.78 is 30.0. The molecule has 0 aromatic heterocycles. The van der Waals surface area contributed by atoms with Gasteiger partial charge in [0.15, 0.2) is 0 Å². The Labute approximate surface area is 145 Å². The van der Waals surface area contributed by atoms with E-state index in [1.807, 2.05) is 0 Å². The third kappa shape index (κ3) is 6.10. The van der Waals surface area contributed by atoms with Crippen molar-refractivity contribution in [3.05, 3.63) is 59.1 Å². The third-order valence-corrected chi connectivity index (χ3v) is 3.78. The van der Waals surface area contributed by atoms with E-state index in [0.717, 1.165) is 6.26 Å². The van der Waals surface area contributed by atoms with E-state index in [1.54, 1.807) is 36.4 Å². The first-order chi connectivity index (χ1) is 11.3. The van der Waals surface area contributed by atoms with Crippen LogP contribution in [0.25, 0.3) is 0 Å². The van der Waals surface area contributed by atoms with Crippen LogP contribution in [0.2, 0.25) is 5.02 Å². The van der Waals surface area contributed by atoms with Crippen molar-refractivity contribution >= 4 is 33.2 Å². The Hall–Kier alpha value is -2.25. The molecule has 1 amide bonds. The molecular formula is C16H17ClN2O4S. The Morgan fingerprint density at radius 1 is 1.08 bits per heavy atom. The van der Waals surface area contributed by atoms with Crippen molar-refractivity contribution in [2.45, 2.75) is 0 Å². The van der Waals surface area contributed by atoms with Gasteiger partial charge in [0.25, 0.3) is 5.91 Å². The van der Waals surface area contributed by atoms with Crippen molar-refractivity contribution in [1.29, 1.82) is 0 Å². The Kier molecular flexibility index (Phi) is 6.05. The fourth-order valence-corrected chi connectivity index (χ4v) is 2.56. The molecule has 0 saturated heterocycles. The van der Waals surface area contributed by atoms with Gasteiger partial charge in [-0.1, -0.05) is 11.6 Å². The van der Waals surface area contributed by atoms with Gasteiger partial charge in [0, 0.05) is 16.3 Å². The highest BCUT2D eigenvalue weighted by atomic mass is 35.5. The van der Waals surface area contributed by atoms with E-state index >= 15 is 0 Å². The number of anilines is 1. The second-order valence-electron chi connectivity index (χ2n) is 5.01. The summed E-state index contributed by atoms with van der Waals surface area (Å²) in [5.74, 6) is 0.408. The largest absolute Gasteiger partial charge is 0.492 e. The molecule has 0 saturated carbocycles. The first kappa shape index (κ1) is 18.1. The van der Waals surface area contributed by atoms with Crippen LogP contribution in [-0.4, -0.2) is 33.7 Å². The first-order valence-electron chi connectivity index (χ1n) is 7.08. The maximum Gasteiger partial charge on any atom is 0.251 e. The predicted molar refractivity (Wildman–Crippen MR) is 94.2 cm³/mol. The SMILES string of the molecule is CS(=O)(=O)Nc1ccc(C(=O)NCCOc2ccc(Cl)cc2)cc1. The fraction of sp³-hybridized carbons (Fsp3) is 0.188. The van der Waals surface area contributed by atoms with Crippen LogP contribution in [0.5, 0.6) is 5.75 Å². The molecule has 6 nitrogen and oxygen atoms in total. The van der Waals surface area contributed by atoms with Gasteiger partial charge in [0.1, 0.15) is 12.4 Å². The number of benzene rings is 2. The molecule has 128 valence electrons. The van der Waals surface area contributed by atoms with Gasteiger partial charge in [0.05, 0.1) is 12.8 Å². The van der Waals surface area contributed by atoms with E-state index in [1.165, 1.54) is 12.1 Å². The third-order valence-electron chi connectivity index (χ3n) is 2.92. The Morgan fingerprint density at radius 2 is 1.71 bits per heavy atom. The highest BCUT2D eigenvalue weighted by Crippen LogP contribution is 2.15. The van der Waals surface area contributed by atoms with Crippen LogP contribution in [0, 0.1) is 0 Å². The zero-order chi connectivity index (χ0) is 17.6. The van der Waals surface area contributed by atoms with E-state index < -0.39 is 10.0 Å². The highest BCUT2D eigenvalue weighted by Gasteiger charge is 2.06. The molecule has 2 aromatic rings. The summed E-state index contributed by atoms with van der Waals surface area (Å²) in [4.78, 5) is 12.0. The van der Waals surface area contributed by atoms with Crippen LogP contribution < -0.4 is 14.8 Å². The summed E-state index contributed by atoms with van der Waals surface area (Å²) in [6.07, 6.45) is 1.06. The van der Waals surface area contributed by atoms with Gasteiger partial charge in [-0.25, -0.2) is 8.42 Å². The molecule has 24 heavy (non-hydrogen) atoms. The van der Waals surface area contributed by atoms with Crippen molar-refractivity contribution in [2.24, 2.45) is 0 Å². The van der Waals surface area contributed by atoms with Gasteiger partial charge in [-0.15, -0.1) is 0 Å². The molecule has 0 aliphatic carbocycles. The first-order valence-corrected chi connectivity index (χ1v) is 9.35. The maximum atomic E-state index is 12.0. The number of halogens is 1. The molecule has 2 N–H and O–H groups in total. The van der Waals surface area contributed by atoms with E-state index in [-0.39, 0.29) is 5.91 Å². The average molecular weight is 369 g/mol. The molecule has 0 spiro atoms. The quantitative estimate of drug-likeness (QED) is 0.735. The Balaban J connectivity index is 1.79. The lowest BCUT2D eigenvalue weighted by Crippen LogP contribution is -2.28. The minimum absolute atomic E-state index is 0.263. The number of ether oxygens (including phenoxy) is 1. The van der Waals surface area contributed by atoms with E-state index in [4.69, 9.17) is 16.3 Å². The van der Waals surface area contributed by atoms with Crippen LogP contribution in [0.3, 0.4) is 0 Å². The number of hydrogen-bond acceptors (Lipinski definition) is 4. The average Bonchev–Trinajstić information content (AvgIpc) is 2.52. The molecule has 0 radical (unpaired) electrons. The topological polar surface area (TPSA) is 84.5 Å². The van der Waals surface area contributed by atoms with Crippen LogP contribution in [0.4, 0.5) is 5.69 Å². The number of carbonyl (C=O) groups excluding carboxylic acids is 1. The smallest absolute Gasteiger partial charge is 0.251 e. The van der Waals surface area contributed by atoms with Crippen molar-refractivity contribution < 1.29 is 17.9 Å². The molecule has 0 aliphatic rings. The lowest BCUT2D eigenvalue weighted by atomic mass is 10.2. The molecule has 0 aliphatic heterocycles. The van der Waals surface area contributed by atoms with Crippen LogP contribution in [0.1, 0.15) is 10.4 Å². The van der Waals surface area contributed by atoms with Gasteiger partial charge in [-0.2, -0.15) is 0 Å². The number of carbonyl (C=O) groups is 1. The van der Waals surface area contributed by atoms with E-state index in [0.29, 0.717) is 35.2 Å². The van der Waals surface area contributed by atoms with Crippen LogP contribution in [0.15, 0.2) is 48.5 Å². The van der Waals surface area contributed by atoms with Crippen molar-refractivity contribution in [1.82, 2.24) is 5.32 Å². The van der Waals surface area contributed by atoms with Crippen molar-refractivity contribution in [3.63, 3.8) is 0 Å². The number of amides is 1. The molecule has 2 rings (SSSR count). The Morgan fingerprint density at radius 3 is 2.29 bits per heavy atom. The molecule has 0 heterocycles. The van der Waals surface area contributed by atoms with E-state index in [9.17, 15) is 13.2 Å². The summed E-state index contributed by atoms with van der Waals surface area (Å²) >= 11 is 5.78. The van der Waals surface area contributed by atoms with Crippen LogP contribution in [-0.2, 0) is 10.0 Å². The van der Waals surface area contributed by atoms with Crippen LogP contribution >= 0.6 is 11.6 Å². The van der Waals surface area contributed by atoms with E-state index in [2.05, 4.69) is 10.0 Å². The van der Waals surface area contributed by atoms with Gasteiger partial charge in [-0.3, -0.25) is 9.52 Å². The zero-order valence-electron chi connectivity index (χ0n) is 13.0. The number of nitrogens with one attached hydrogen (secondary N) is 2. The lowest BCUT2D eigenvalue weighted by molar-refractivity contribution is 0.0947. The standard InChI is InChI=1S/C16H17ClN2O4S/c1-24(21,22)19-14-6-2-12(3-7-14)16(20)18-10-11-23-15-8-4-13(17)5-9-15/h2-9,19H,10-11H2,1H3,(H,18,20). The number of hydrogen-bond donors (Lipinski definition) is 2. The molecule has 2 aromatic carbocycles. The second kappa shape index (κ2) is 8.03. The monoisotopic (exact) mass is 368 g/mol. The minimum Gasteiger partial charge on any atom is -0.492 e. The Bertz CT molecular complexity index is 790. The van der Waals surface area contributed by atoms with Crippen molar-refractivity contribution in [2.75, 3.05) is 24.1 Å². The highest BCUT2D eigenvalue weighted by molar-refractivity contribution is 7.92.